The molecule has 0 saturated heterocycles. The highest BCUT2D eigenvalue weighted by atomic mass is 16.5. The molecule has 0 unspecified atom stereocenters. The SMILES string of the molecule is COc1cc(NC=C(C#N)c2nn[nH]n2)ccc1NC(=O)C(C)(C)C. The van der Waals surface area contributed by atoms with Crippen LogP contribution in [0, 0.1) is 16.7 Å². The Labute approximate surface area is 145 Å². The van der Waals surface area contributed by atoms with Crippen molar-refractivity contribution in [2.75, 3.05) is 17.7 Å². The first-order chi connectivity index (χ1) is 11.8. The molecule has 0 saturated carbocycles. The van der Waals surface area contributed by atoms with E-state index in [2.05, 4.69) is 31.3 Å². The predicted molar refractivity (Wildman–Crippen MR) is 92.5 cm³/mol. The van der Waals surface area contributed by atoms with E-state index in [1.54, 1.807) is 18.2 Å². The normalized spacial score (nSPS) is 11.6. The van der Waals surface area contributed by atoms with Gasteiger partial charge in [-0.1, -0.05) is 20.8 Å². The van der Waals surface area contributed by atoms with Gasteiger partial charge in [0, 0.05) is 23.4 Å². The molecule has 0 spiro atoms. The second kappa shape index (κ2) is 7.44. The van der Waals surface area contributed by atoms with Crippen LogP contribution in [0.5, 0.6) is 5.75 Å². The highest BCUT2D eigenvalue weighted by Crippen LogP contribution is 2.29. The van der Waals surface area contributed by atoms with Crippen molar-refractivity contribution in [1.82, 2.24) is 20.6 Å². The Kier molecular flexibility index (Phi) is 5.34. The van der Waals surface area contributed by atoms with Crippen LogP contribution in [0.4, 0.5) is 11.4 Å². The summed E-state index contributed by atoms with van der Waals surface area (Å²) in [6, 6.07) is 7.16. The van der Waals surface area contributed by atoms with Gasteiger partial charge in [0.25, 0.3) is 0 Å². The van der Waals surface area contributed by atoms with E-state index in [9.17, 15) is 4.79 Å². The van der Waals surface area contributed by atoms with E-state index in [-0.39, 0.29) is 17.3 Å². The van der Waals surface area contributed by atoms with Crippen molar-refractivity contribution in [3.8, 4) is 11.8 Å². The van der Waals surface area contributed by atoms with E-state index in [0.717, 1.165) is 0 Å². The molecule has 9 heteroatoms. The lowest BCUT2D eigenvalue weighted by Gasteiger charge is -2.19. The fourth-order valence-electron chi connectivity index (χ4n) is 1.77. The number of allylic oxidation sites excluding steroid dienone is 1. The monoisotopic (exact) mass is 341 g/mol. The number of aromatic nitrogens is 4. The summed E-state index contributed by atoms with van der Waals surface area (Å²) in [5.74, 6) is 0.570. The molecule has 1 aromatic carbocycles. The van der Waals surface area contributed by atoms with E-state index in [0.29, 0.717) is 17.1 Å². The predicted octanol–water partition coefficient (Wildman–Crippen LogP) is 2.17. The molecule has 130 valence electrons. The smallest absolute Gasteiger partial charge is 0.229 e. The molecule has 1 amide bonds. The third-order valence-corrected chi connectivity index (χ3v) is 3.22. The summed E-state index contributed by atoms with van der Waals surface area (Å²) in [6.45, 7) is 5.49. The zero-order valence-corrected chi connectivity index (χ0v) is 14.4. The summed E-state index contributed by atoms with van der Waals surface area (Å²) in [6.07, 6.45) is 1.47. The first-order valence-corrected chi connectivity index (χ1v) is 7.45. The number of ether oxygens (including phenoxy) is 1. The van der Waals surface area contributed by atoms with Gasteiger partial charge in [-0.25, -0.2) is 0 Å². The van der Waals surface area contributed by atoms with Crippen molar-refractivity contribution in [2.24, 2.45) is 5.41 Å². The van der Waals surface area contributed by atoms with Crippen LogP contribution in [0.15, 0.2) is 24.4 Å². The number of anilines is 2. The van der Waals surface area contributed by atoms with Gasteiger partial charge in [0.15, 0.2) is 0 Å². The maximum absolute atomic E-state index is 12.1. The quantitative estimate of drug-likeness (QED) is 0.711. The molecule has 0 aliphatic rings. The van der Waals surface area contributed by atoms with E-state index in [1.807, 2.05) is 26.8 Å². The molecule has 0 bridgehead atoms. The van der Waals surface area contributed by atoms with Crippen molar-refractivity contribution in [3.63, 3.8) is 0 Å². The lowest BCUT2D eigenvalue weighted by atomic mass is 9.95. The number of tetrazole rings is 1. The fraction of sp³-hybridized carbons (Fsp3) is 0.312. The van der Waals surface area contributed by atoms with Crippen LogP contribution in [-0.4, -0.2) is 33.6 Å². The summed E-state index contributed by atoms with van der Waals surface area (Å²) >= 11 is 0. The molecule has 9 nitrogen and oxygen atoms in total. The second-order valence-electron chi connectivity index (χ2n) is 6.17. The number of carbonyl (C=O) groups excluding carboxylic acids is 1. The second-order valence-corrected chi connectivity index (χ2v) is 6.17. The number of methoxy groups -OCH3 is 1. The minimum absolute atomic E-state index is 0.115. The molecule has 3 N–H and O–H groups in total. The van der Waals surface area contributed by atoms with Crippen molar-refractivity contribution >= 4 is 22.9 Å². The average Bonchev–Trinajstić information content (AvgIpc) is 3.10. The van der Waals surface area contributed by atoms with Gasteiger partial charge in [0.1, 0.15) is 17.4 Å². The molecule has 25 heavy (non-hydrogen) atoms. The standard InChI is InChI=1S/C16H19N7O2/c1-16(2,3)15(24)19-12-6-5-11(7-13(12)25-4)18-9-10(8-17)14-20-22-23-21-14/h5-7,9,18H,1-4H3,(H,19,24)(H,20,21,22,23). The summed E-state index contributed by atoms with van der Waals surface area (Å²) in [4.78, 5) is 12.1. The first-order valence-electron chi connectivity index (χ1n) is 7.45. The highest BCUT2D eigenvalue weighted by molar-refractivity contribution is 5.96. The minimum Gasteiger partial charge on any atom is -0.494 e. The van der Waals surface area contributed by atoms with Crippen molar-refractivity contribution < 1.29 is 9.53 Å². The lowest BCUT2D eigenvalue weighted by molar-refractivity contribution is -0.123. The van der Waals surface area contributed by atoms with E-state index >= 15 is 0 Å². The molecule has 0 radical (unpaired) electrons. The van der Waals surface area contributed by atoms with Crippen LogP contribution in [-0.2, 0) is 4.79 Å². The number of nitriles is 1. The molecule has 0 fully saturated rings. The van der Waals surface area contributed by atoms with Gasteiger partial charge in [-0.15, -0.1) is 10.2 Å². The molecule has 0 atom stereocenters. The van der Waals surface area contributed by atoms with Crippen LogP contribution >= 0.6 is 0 Å². The van der Waals surface area contributed by atoms with Crippen LogP contribution in [0.2, 0.25) is 0 Å². The summed E-state index contributed by atoms with van der Waals surface area (Å²) in [5, 5.41) is 28.2. The van der Waals surface area contributed by atoms with E-state index in [1.165, 1.54) is 13.3 Å². The molecular formula is C16H19N7O2. The molecule has 0 aliphatic heterocycles. The summed E-state index contributed by atoms with van der Waals surface area (Å²) < 4.78 is 5.32. The third-order valence-electron chi connectivity index (χ3n) is 3.22. The van der Waals surface area contributed by atoms with E-state index < -0.39 is 5.41 Å². The number of aromatic amines is 1. The van der Waals surface area contributed by atoms with Crippen molar-refractivity contribution in [2.45, 2.75) is 20.8 Å². The fourth-order valence-corrected chi connectivity index (χ4v) is 1.77. The van der Waals surface area contributed by atoms with Gasteiger partial charge in [-0.2, -0.15) is 10.5 Å². The molecule has 1 heterocycles. The number of H-pyrrole nitrogens is 1. The van der Waals surface area contributed by atoms with Crippen molar-refractivity contribution in [1.29, 1.82) is 5.26 Å². The van der Waals surface area contributed by atoms with Gasteiger partial charge in [-0.3, -0.25) is 4.79 Å². The number of hydrogen-bond acceptors (Lipinski definition) is 7. The zero-order valence-electron chi connectivity index (χ0n) is 14.4. The molecular weight excluding hydrogens is 322 g/mol. The van der Waals surface area contributed by atoms with Crippen LogP contribution in [0.25, 0.3) is 5.57 Å². The molecule has 0 aliphatic carbocycles. The lowest BCUT2D eigenvalue weighted by Crippen LogP contribution is -2.27. The number of nitrogens with one attached hydrogen (secondary N) is 3. The van der Waals surface area contributed by atoms with Gasteiger partial charge in [0.05, 0.1) is 12.8 Å². The summed E-state index contributed by atoms with van der Waals surface area (Å²) in [7, 11) is 1.52. The maximum Gasteiger partial charge on any atom is 0.229 e. The number of amides is 1. The molecule has 2 rings (SSSR count). The Hall–Kier alpha value is -3.41. The number of nitrogens with zero attached hydrogens (tertiary/aromatic N) is 4. The highest BCUT2D eigenvalue weighted by Gasteiger charge is 2.22. The zero-order chi connectivity index (χ0) is 18.4. The molecule has 1 aromatic heterocycles. The first kappa shape index (κ1) is 17.9. The number of benzene rings is 1. The number of hydrogen-bond donors (Lipinski definition) is 3. The number of carbonyl (C=O) groups is 1. The number of rotatable bonds is 5. The topological polar surface area (TPSA) is 129 Å². The summed E-state index contributed by atoms with van der Waals surface area (Å²) in [5.41, 5.74) is 0.937. The Morgan fingerprint density at radius 3 is 2.72 bits per heavy atom. The third kappa shape index (κ3) is 4.54. The Morgan fingerprint density at radius 2 is 2.16 bits per heavy atom. The van der Waals surface area contributed by atoms with Gasteiger partial charge < -0.3 is 15.4 Å². The van der Waals surface area contributed by atoms with Gasteiger partial charge in [0.2, 0.25) is 11.7 Å². The van der Waals surface area contributed by atoms with Gasteiger partial charge in [-0.05, 0) is 17.3 Å². The van der Waals surface area contributed by atoms with Gasteiger partial charge >= 0.3 is 0 Å². The minimum atomic E-state index is -0.517. The maximum atomic E-state index is 12.1. The van der Waals surface area contributed by atoms with Crippen molar-refractivity contribution in [3.05, 3.63) is 30.2 Å². The van der Waals surface area contributed by atoms with E-state index in [4.69, 9.17) is 10.00 Å². The largest absolute Gasteiger partial charge is 0.494 e. The Morgan fingerprint density at radius 1 is 1.40 bits per heavy atom. The average molecular weight is 341 g/mol. The van der Waals surface area contributed by atoms with Crippen LogP contribution in [0.3, 0.4) is 0 Å². The molecule has 2 aromatic rings. The Bertz CT molecular complexity index is 814. The van der Waals surface area contributed by atoms with Crippen LogP contribution in [0.1, 0.15) is 26.6 Å². The van der Waals surface area contributed by atoms with Crippen LogP contribution < -0.4 is 15.4 Å². The Balaban J connectivity index is 2.19.